The summed E-state index contributed by atoms with van der Waals surface area (Å²) < 4.78 is 0. The van der Waals surface area contributed by atoms with Gasteiger partial charge in [0.25, 0.3) is 0 Å². The van der Waals surface area contributed by atoms with Gasteiger partial charge in [0.1, 0.15) is 0 Å². The average molecular weight is 139 g/mol. The van der Waals surface area contributed by atoms with Gasteiger partial charge in [-0.2, -0.15) is 0 Å². The Bertz CT molecular complexity index is 103. The van der Waals surface area contributed by atoms with Crippen LogP contribution in [-0.4, -0.2) is 13.6 Å². The third kappa shape index (κ3) is 7.44. The highest BCUT2D eigenvalue weighted by Gasteiger charge is 1.77. The number of nitrogens with one attached hydrogen (secondary N) is 1. The largest absolute Gasteiger partial charge is 0.320 e. The molecule has 0 rings (SSSR count). The molecule has 0 fully saturated rings. The quantitative estimate of drug-likeness (QED) is 0.454. The smallest absolute Gasteiger partial charge is 0.00490 e. The second-order valence-electron chi connectivity index (χ2n) is 2.20. The second-order valence-corrected chi connectivity index (χ2v) is 2.20. The van der Waals surface area contributed by atoms with E-state index in [4.69, 9.17) is 0 Å². The summed E-state index contributed by atoms with van der Waals surface area (Å²) in [5.41, 5.74) is 0. The summed E-state index contributed by atoms with van der Waals surface area (Å²) in [5.74, 6) is 0. The van der Waals surface area contributed by atoms with Crippen LogP contribution in [0.3, 0.4) is 0 Å². The van der Waals surface area contributed by atoms with E-state index in [1.165, 1.54) is 12.8 Å². The molecule has 0 saturated carbocycles. The van der Waals surface area contributed by atoms with Gasteiger partial charge in [-0.05, 0) is 33.4 Å². The fourth-order valence-electron chi connectivity index (χ4n) is 0.683. The summed E-state index contributed by atoms with van der Waals surface area (Å²) in [7, 11) is 1.98. The van der Waals surface area contributed by atoms with Gasteiger partial charge in [0.15, 0.2) is 0 Å². The molecule has 0 atom stereocenters. The number of rotatable bonds is 5. The Hall–Kier alpha value is -0.560. The molecule has 1 nitrogen and oxygen atoms in total. The van der Waals surface area contributed by atoms with E-state index in [9.17, 15) is 0 Å². The minimum atomic E-state index is 1.11. The standard InChI is InChI=1S/C9H17N/c1-3-4-5-6-7-8-9-10-2/h3-6,10H,7-9H2,1-2H3. The van der Waals surface area contributed by atoms with Gasteiger partial charge in [0, 0.05) is 0 Å². The van der Waals surface area contributed by atoms with Crippen LogP contribution in [0.15, 0.2) is 24.3 Å². The molecule has 0 radical (unpaired) electrons. The van der Waals surface area contributed by atoms with Crippen molar-refractivity contribution in [2.24, 2.45) is 0 Å². The SMILES string of the molecule is CC=CC=CCCCNC. The van der Waals surface area contributed by atoms with Crippen LogP contribution in [0, 0.1) is 0 Å². The lowest BCUT2D eigenvalue weighted by Gasteiger charge is -1.92. The van der Waals surface area contributed by atoms with Gasteiger partial charge in [-0.25, -0.2) is 0 Å². The summed E-state index contributed by atoms with van der Waals surface area (Å²) in [4.78, 5) is 0. The van der Waals surface area contributed by atoms with Gasteiger partial charge in [0.05, 0.1) is 0 Å². The molecule has 0 aromatic heterocycles. The van der Waals surface area contributed by atoms with Crippen LogP contribution in [0.2, 0.25) is 0 Å². The lowest BCUT2D eigenvalue weighted by molar-refractivity contribution is 0.735. The first-order valence-electron chi connectivity index (χ1n) is 3.84. The molecule has 0 aliphatic carbocycles. The predicted molar refractivity (Wildman–Crippen MR) is 47.1 cm³/mol. The van der Waals surface area contributed by atoms with Gasteiger partial charge >= 0.3 is 0 Å². The van der Waals surface area contributed by atoms with E-state index in [2.05, 4.69) is 23.5 Å². The highest BCUT2D eigenvalue weighted by atomic mass is 14.8. The summed E-state index contributed by atoms with van der Waals surface area (Å²) in [6.45, 7) is 3.14. The summed E-state index contributed by atoms with van der Waals surface area (Å²) >= 11 is 0. The normalized spacial score (nSPS) is 11.8. The maximum atomic E-state index is 3.11. The van der Waals surface area contributed by atoms with Crippen molar-refractivity contribution in [2.45, 2.75) is 19.8 Å². The predicted octanol–water partition coefficient (Wildman–Crippen LogP) is 2.12. The molecular weight excluding hydrogens is 122 g/mol. The first kappa shape index (κ1) is 9.44. The minimum Gasteiger partial charge on any atom is -0.320 e. The van der Waals surface area contributed by atoms with Crippen LogP contribution < -0.4 is 5.32 Å². The van der Waals surface area contributed by atoms with Crippen molar-refractivity contribution in [1.29, 1.82) is 0 Å². The van der Waals surface area contributed by atoms with E-state index >= 15 is 0 Å². The van der Waals surface area contributed by atoms with Crippen LogP contribution >= 0.6 is 0 Å². The molecule has 0 spiro atoms. The van der Waals surface area contributed by atoms with Crippen LogP contribution in [0.5, 0.6) is 0 Å². The van der Waals surface area contributed by atoms with Crippen molar-refractivity contribution in [3.8, 4) is 0 Å². The van der Waals surface area contributed by atoms with E-state index in [0.29, 0.717) is 0 Å². The van der Waals surface area contributed by atoms with E-state index in [1.807, 2.05) is 20.0 Å². The first-order valence-corrected chi connectivity index (χ1v) is 3.84. The molecule has 0 unspecified atom stereocenters. The second kappa shape index (κ2) is 8.44. The van der Waals surface area contributed by atoms with Crippen LogP contribution in [0.25, 0.3) is 0 Å². The first-order chi connectivity index (χ1) is 4.91. The fourth-order valence-corrected chi connectivity index (χ4v) is 0.683. The van der Waals surface area contributed by atoms with Crippen molar-refractivity contribution in [3.63, 3.8) is 0 Å². The van der Waals surface area contributed by atoms with E-state index in [1.54, 1.807) is 0 Å². The fraction of sp³-hybridized carbons (Fsp3) is 0.556. The maximum absolute atomic E-state index is 3.11. The zero-order chi connectivity index (χ0) is 7.66. The van der Waals surface area contributed by atoms with Crippen molar-refractivity contribution in [1.82, 2.24) is 5.32 Å². The molecule has 10 heavy (non-hydrogen) atoms. The molecule has 0 bridgehead atoms. The summed E-state index contributed by atoms with van der Waals surface area (Å²) in [5, 5.41) is 3.11. The van der Waals surface area contributed by atoms with Crippen LogP contribution in [0.4, 0.5) is 0 Å². The highest BCUT2D eigenvalue weighted by Crippen LogP contribution is 1.88. The Morgan fingerprint density at radius 3 is 2.70 bits per heavy atom. The number of hydrogen-bond donors (Lipinski definition) is 1. The monoisotopic (exact) mass is 139 g/mol. The Balaban J connectivity index is 3.02. The summed E-state index contributed by atoms with van der Waals surface area (Å²) in [6, 6.07) is 0. The average Bonchev–Trinajstić information content (AvgIpc) is 1.97. The lowest BCUT2D eigenvalue weighted by atomic mass is 10.3. The van der Waals surface area contributed by atoms with Crippen molar-refractivity contribution < 1.29 is 0 Å². The van der Waals surface area contributed by atoms with Crippen molar-refractivity contribution in [2.75, 3.05) is 13.6 Å². The molecule has 0 heterocycles. The molecule has 0 saturated heterocycles. The van der Waals surface area contributed by atoms with E-state index < -0.39 is 0 Å². The molecule has 1 heteroatoms. The Labute approximate surface area is 63.8 Å². The third-order valence-corrected chi connectivity index (χ3v) is 1.24. The molecule has 58 valence electrons. The van der Waals surface area contributed by atoms with Gasteiger partial charge in [-0.15, -0.1) is 0 Å². The van der Waals surface area contributed by atoms with E-state index in [-0.39, 0.29) is 0 Å². The topological polar surface area (TPSA) is 12.0 Å². The number of hydrogen-bond acceptors (Lipinski definition) is 1. The molecule has 0 aromatic rings. The number of unbranched alkanes of at least 4 members (excludes halogenated alkanes) is 1. The van der Waals surface area contributed by atoms with Crippen molar-refractivity contribution >= 4 is 0 Å². The lowest BCUT2D eigenvalue weighted by Crippen LogP contribution is -2.06. The number of allylic oxidation sites excluding steroid dienone is 4. The van der Waals surface area contributed by atoms with Crippen LogP contribution in [0.1, 0.15) is 19.8 Å². The van der Waals surface area contributed by atoms with Crippen LogP contribution in [-0.2, 0) is 0 Å². The Morgan fingerprint density at radius 1 is 1.30 bits per heavy atom. The van der Waals surface area contributed by atoms with Gasteiger partial charge < -0.3 is 5.32 Å². The molecule has 1 N–H and O–H groups in total. The zero-order valence-electron chi connectivity index (χ0n) is 6.93. The Morgan fingerprint density at radius 2 is 2.10 bits per heavy atom. The van der Waals surface area contributed by atoms with Crippen molar-refractivity contribution in [3.05, 3.63) is 24.3 Å². The highest BCUT2D eigenvalue weighted by molar-refractivity contribution is 5.00. The minimum absolute atomic E-state index is 1.11. The zero-order valence-corrected chi connectivity index (χ0v) is 6.93. The summed E-state index contributed by atoms with van der Waals surface area (Å²) in [6.07, 6.45) is 10.8. The Kier molecular flexibility index (Phi) is 7.97. The molecule has 0 aromatic carbocycles. The molecular formula is C9H17N. The molecule has 0 aliphatic heterocycles. The molecule has 0 amide bonds. The van der Waals surface area contributed by atoms with E-state index in [0.717, 1.165) is 6.54 Å². The van der Waals surface area contributed by atoms with Gasteiger partial charge in [-0.3, -0.25) is 0 Å². The maximum Gasteiger partial charge on any atom is -0.00490 e. The molecule has 0 aliphatic rings. The van der Waals surface area contributed by atoms with Gasteiger partial charge in [0.2, 0.25) is 0 Å². The van der Waals surface area contributed by atoms with Gasteiger partial charge in [-0.1, -0.05) is 24.3 Å². The third-order valence-electron chi connectivity index (χ3n) is 1.24.